The van der Waals surface area contributed by atoms with Crippen molar-refractivity contribution >= 4 is 58.2 Å². The quantitative estimate of drug-likeness (QED) is 0.0734. The Hall–Kier alpha value is -6.38. The number of pyridine rings is 2. The summed E-state index contributed by atoms with van der Waals surface area (Å²) in [5, 5.41) is 39.3. The number of halogens is 4. The fraction of sp³-hybridized carbons (Fsp3) is 0.208. The molecule has 2 aromatic heterocycles. The van der Waals surface area contributed by atoms with Gasteiger partial charge >= 0.3 is 5.97 Å². The first-order chi connectivity index (χ1) is 30.7. The monoisotopic (exact) mass is 938 g/mol. The van der Waals surface area contributed by atoms with Crippen molar-refractivity contribution in [1.82, 2.24) is 9.97 Å². The van der Waals surface area contributed by atoms with Gasteiger partial charge in [-0.1, -0.05) is 82.8 Å². The Kier molecular flexibility index (Phi) is 15.7. The number of carboxylic acid groups (broad SMARTS) is 1. The Balaban J connectivity index is 1.20. The van der Waals surface area contributed by atoms with Gasteiger partial charge in [-0.3, -0.25) is 19.6 Å². The summed E-state index contributed by atoms with van der Waals surface area (Å²) in [4.78, 5) is 32.6. The van der Waals surface area contributed by atoms with Crippen LogP contribution in [0.2, 0.25) is 20.1 Å². The summed E-state index contributed by atoms with van der Waals surface area (Å²) in [6, 6.07) is 24.5. The van der Waals surface area contributed by atoms with Crippen molar-refractivity contribution in [3.8, 4) is 46.3 Å². The number of benzene rings is 4. The van der Waals surface area contributed by atoms with E-state index in [4.69, 9.17) is 65.4 Å². The van der Waals surface area contributed by atoms with Gasteiger partial charge in [-0.25, -0.2) is 0 Å². The van der Waals surface area contributed by atoms with Crippen LogP contribution in [0.25, 0.3) is 11.1 Å². The topological polar surface area (TPSA) is 185 Å². The standard InChI is InChI=1S/C48H38Cl4N4O8/c1-28(58)38-14-40(50)44(16-42(38)62-24-32-12-30(18-54)20-56-22-32)64-26-35-6-4-8-37(46(35)52)36-7-3-5-34(45(36)51)25-63-43-15-41(61-23-31-11-29(17-53)19-55-21-31)33(13-39(43)49)9-10-48(2,27-57)47(59)60/h3-8,11-16,19-22,57H,9-10,23-27H2,1-2H3,(H,59,60)/t48-/m1/s1. The van der Waals surface area contributed by atoms with Crippen molar-refractivity contribution in [3.63, 3.8) is 0 Å². The summed E-state index contributed by atoms with van der Waals surface area (Å²) < 4.78 is 24.5. The molecule has 0 saturated heterocycles. The number of nitrogens with zero attached hydrogens (tertiary/aromatic N) is 4. The van der Waals surface area contributed by atoms with Crippen molar-refractivity contribution < 1.29 is 38.7 Å². The summed E-state index contributed by atoms with van der Waals surface area (Å²) in [5.41, 5.74) is 3.90. The predicted octanol–water partition coefficient (Wildman–Crippen LogP) is 11.0. The molecule has 4 aromatic carbocycles. The molecule has 6 rings (SSSR count). The summed E-state index contributed by atoms with van der Waals surface area (Å²) in [5.74, 6) is -0.294. The molecule has 0 bridgehead atoms. The number of aryl methyl sites for hydroxylation is 1. The molecule has 0 aliphatic carbocycles. The second-order valence-corrected chi connectivity index (χ2v) is 16.4. The number of hydrogen-bond acceptors (Lipinski definition) is 11. The molecule has 16 heteroatoms. The zero-order valence-electron chi connectivity index (χ0n) is 34.3. The summed E-state index contributed by atoms with van der Waals surface area (Å²) in [7, 11) is 0. The van der Waals surface area contributed by atoms with Crippen LogP contribution in [0, 0.1) is 28.1 Å². The maximum Gasteiger partial charge on any atom is 0.311 e. The molecule has 2 heterocycles. The third kappa shape index (κ3) is 11.4. The van der Waals surface area contributed by atoms with Crippen LogP contribution in [-0.4, -0.2) is 38.5 Å². The first-order valence-corrected chi connectivity index (χ1v) is 21.0. The highest BCUT2D eigenvalue weighted by Gasteiger charge is 2.32. The van der Waals surface area contributed by atoms with Gasteiger partial charge in [-0.15, -0.1) is 0 Å². The van der Waals surface area contributed by atoms with Gasteiger partial charge < -0.3 is 29.2 Å². The van der Waals surface area contributed by atoms with E-state index in [0.717, 1.165) is 0 Å². The number of hydrogen-bond donors (Lipinski definition) is 2. The van der Waals surface area contributed by atoms with Crippen LogP contribution in [0.5, 0.6) is 23.0 Å². The SMILES string of the molecule is CC(=O)c1cc(Cl)c(OCc2cccc(-c3cccc(COc4cc(OCc5cncc(C#N)c5)c(CC[C@](C)(CO)C(=O)O)cc4Cl)c3Cl)c2Cl)cc1OCc1cncc(C#N)c1. The van der Waals surface area contributed by atoms with Crippen LogP contribution in [0.15, 0.2) is 97.6 Å². The molecule has 326 valence electrons. The normalized spacial score (nSPS) is 11.8. The van der Waals surface area contributed by atoms with Crippen LogP contribution in [0.3, 0.4) is 0 Å². The predicted molar refractivity (Wildman–Crippen MR) is 241 cm³/mol. The maximum absolute atomic E-state index is 12.5. The molecular formula is C48H38Cl4N4O8. The third-order valence-corrected chi connectivity index (χ3v) is 11.7. The first-order valence-electron chi connectivity index (χ1n) is 19.5. The molecule has 0 amide bonds. The number of ether oxygens (including phenoxy) is 4. The lowest BCUT2D eigenvalue weighted by Gasteiger charge is -2.23. The number of carbonyl (C=O) groups excluding carboxylic acids is 1. The van der Waals surface area contributed by atoms with Crippen LogP contribution < -0.4 is 18.9 Å². The van der Waals surface area contributed by atoms with Gasteiger partial charge in [-0.05, 0) is 56.5 Å². The molecule has 0 saturated carbocycles. The lowest BCUT2D eigenvalue weighted by molar-refractivity contribution is -0.150. The van der Waals surface area contributed by atoms with E-state index in [1.807, 2.05) is 30.3 Å². The van der Waals surface area contributed by atoms with E-state index in [1.54, 1.807) is 48.8 Å². The number of carbonyl (C=O) groups is 2. The second kappa shape index (κ2) is 21.3. The number of Topliss-reactive ketones (excluding diaryl/α,β-unsaturated/α-hetero) is 1. The van der Waals surface area contributed by atoms with E-state index >= 15 is 0 Å². The Morgan fingerprint density at radius 3 is 1.62 bits per heavy atom. The molecule has 0 aliphatic heterocycles. The van der Waals surface area contributed by atoms with Crippen LogP contribution >= 0.6 is 46.4 Å². The number of aromatic nitrogens is 2. The third-order valence-electron chi connectivity index (χ3n) is 10.2. The summed E-state index contributed by atoms with van der Waals surface area (Å²) in [6.45, 7) is 2.36. The van der Waals surface area contributed by atoms with E-state index in [1.165, 1.54) is 38.4 Å². The smallest absolute Gasteiger partial charge is 0.311 e. The largest absolute Gasteiger partial charge is 0.488 e. The highest BCUT2D eigenvalue weighted by molar-refractivity contribution is 6.37. The fourth-order valence-electron chi connectivity index (χ4n) is 6.41. The molecule has 2 N–H and O–H groups in total. The number of aliphatic hydroxyl groups is 1. The van der Waals surface area contributed by atoms with Crippen LogP contribution in [0.4, 0.5) is 0 Å². The van der Waals surface area contributed by atoms with E-state index in [2.05, 4.69) is 16.0 Å². The molecule has 1 atom stereocenters. The number of aliphatic hydroxyl groups excluding tert-OH is 1. The Bertz CT molecular complexity index is 2810. The number of nitriles is 2. The average molecular weight is 941 g/mol. The van der Waals surface area contributed by atoms with Gasteiger partial charge in [0.1, 0.15) is 61.6 Å². The molecule has 0 unspecified atom stereocenters. The maximum atomic E-state index is 12.5. The second-order valence-electron chi connectivity index (χ2n) is 14.8. The molecule has 0 fully saturated rings. The van der Waals surface area contributed by atoms with E-state index < -0.39 is 18.0 Å². The van der Waals surface area contributed by atoms with Crippen LogP contribution in [0.1, 0.15) is 69.6 Å². The van der Waals surface area contributed by atoms with Gasteiger partial charge in [-0.2, -0.15) is 10.5 Å². The minimum Gasteiger partial charge on any atom is -0.488 e. The molecule has 12 nitrogen and oxygen atoms in total. The van der Waals surface area contributed by atoms with E-state index in [-0.39, 0.29) is 77.9 Å². The molecular weight excluding hydrogens is 902 g/mol. The summed E-state index contributed by atoms with van der Waals surface area (Å²) >= 11 is 27.4. The first kappa shape index (κ1) is 47.1. The van der Waals surface area contributed by atoms with Crippen molar-refractivity contribution in [1.29, 1.82) is 10.5 Å². The minimum absolute atomic E-state index is 0.00543. The van der Waals surface area contributed by atoms with Gasteiger partial charge in [0.05, 0.1) is 48.8 Å². The zero-order valence-corrected chi connectivity index (χ0v) is 37.4. The highest BCUT2D eigenvalue weighted by Crippen LogP contribution is 2.41. The van der Waals surface area contributed by atoms with Gasteiger partial charge in [0, 0.05) is 70.3 Å². The number of ketones is 1. The Morgan fingerprint density at radius 1 is 0.656 bits per heavy atom. The lowest BCUT2D eigenvalue weighted by Crippen LogP contribution is -2.32. The highest BCUT2D eigenvalue weighted by atomic mass is 35.5. The van der Waals surface area contributed by atoms with Gasteiger partial charge in [0.25, 0.3) is 0 Å². The van der Waals surface area contributed by atoms with Crippen LogP contribution in [-0.2, 0) is 37.6 Å². The minimum atomic E-state index is -1.40. The van der Waals surface area contributed by atoms with Crippen molar-refractivity contribution in [3.05, 3.63) is 162 Å². The number of carboxylic acids is 1. The molecule has 64 heavy (non-hydrogen) atoms. The van der Waals surface area contributed by atoms with Crippen molar-refractivity contribution in [2.24, 2.45) is 5.41 Å². The van der Waals surface area contributed by atoms with Crippen molar-refractivity contribution in [2.75, 3.05) is 6.61 Å². The van der Waals surface area contributed by atoms with E-state index in [9.17, 15) is 30.3 Å². The molecule has 0 spiro atoms. The number of aliphatic carboxylic acids is 1. The Labute approximate surface area is 389 Å². The summed E-state index contributed by atoms with van der Waals surface area (Å²) in [6.07, 6.45) is 6.31. The molecule has 0 aliphatic rings. The van der Waals surface area contributed by atoms with Crippen molar-refractivity contribution in [2.45, 2.75) is 53.1 Å². The Morgan fingerprint density at radius 2 is 1.14 bits per heavy atom. The molecule has 6 aromatic rings. The molecule has 0 radical (unpaired) electrons. The van der Waals surface area contributed by atoms with E-state index in [0.29, 0.717) is 65.9 Å². The van der Waals surface area contributed by atoms with Gasteiger partial charge in [0.2, 0.25) is 0 Å². The van der Waals surface area contributed by atoms with Gasteiger partial charge in [0.15, 0.2) is 5.78 Å². The fourth-order valence-corrected chi connectivity index (χ4v) is 7.43. The zero-order chi connectivity index (χ0) is 46.0. The lowest BCUT2D eigenvalue weighted by atomic mass is 9.85. The number of rotatable bonds is 19. The average Bonchev–Trinajstić information content (AvgIpc) is 3.29.